The summed E-state index contributed by atoms with van der Waals surface area (Å²) in [6.07, 6.45) is 11.9. The van der Waals surface area contributed by atoms with E-state index < -0.39 is 0 Å². The Morgan fingerprint density at radius 2 is 2.12 bits per heavy atom. The number of allylic oxidation sites excluding steroid dienone is 2. The van der Waals surface area contributed by atoms with Crippen molar-refractivity contribution in [2.24, 2.45) is 13.0 Å². The van der Waals surface area contributed by atoms with Gasteiger partial charge in [-0.1, -0.05) is 18.2 Å². The van der Waals surface area contributed by atoms with E-state index in [0.717, 1.165) is 30.6 Å². The highest BCUT2D eigenvalue weighted by Crippen LogP contribution is 2.37. The predicted octanol–water partition coefficient (Wildman–Crippen LogP) is 4.73. The van der Waals surface area contributed by atoms with Crippen LogP contribution < -0.4 is 0 Å². The third kappa shape index (κ3) is 3.09. The van der Waals surface area contributed by atoms with Gasteiger partial charge in [0.1, 0.15) is 0 Å². The van der Waals surface area contributed by atoms with E-state index in [4.69, 9.17) is 0 Å². The molecule has 4 rings (SSSR count). The Kier molecular flexibility index (Phi) is 4.90. The summed E-state index contributed by atoms with van der Waals surface area (Å²) in [5.74, 6) is 0.655. The maximum atomic E-state index is 13.4. The Morgan fingerprint density at radius 1 is 1.27 bits per heavy atom. The van der Waals surface area contributed by atoms with Gasteiger partial charge in [0.15, 0.2) is 0 Å². The van der Waals surface area contributed by atoms with Crippen molar-refractivity contribution in [3.63, 3.8) is 0 Å². The van der Waals surface area contributed by atoms with Gasteiger partial charge in [0.05, 0.1) is 17.5 Å². The molecular weight excluding hydrogens is 342 g/mol. The van der Waals surface area contributed by atoms with E-state index in [9.17, 15) is 4.79 Å². The zero-order valence-electron chi connectivity index (χ0n) is 15.4. The minimum Gasteiger partial charge on any atom is -0.312 e. The summed E-state index contributed by atoms with van der Waals surface area (Å²) in [6.45, 7) is 0.820. The number of amides is 1. The maximum absolute atomic E-state index is 13.4. The molecule has 1 aliphatic heterocycles. The van der Waals surface area contributed by atoms with Crippen LogP contribution in [0.1, 0.15) is 42.5 Å². The van der Waals surface area contributed by atoms with E-state index in [1.54, 1.807) is 18.0 Å². The molecule has 0 spiro atoms. The molecule has 0 N–H and O–H groups in total. The fourth-order valence-corrected chi connectivity index (χ4v) is 4.71. The van der Waals surface area contributed by atoms with Crippen LogP contribution in [0.3, 0.4) is 0 Å². The number of carbonyl (C=O) groups excluding carboxylic acids is 1. The highest BCUT2D eigenvalue weighted by Gasteiger charge is 2.32. The molecule has 1 amide bonds. The average Bonchev–Trinajstić information content (AvgIpc) is 3.08. The Morgan fingerprint density at radius 3 is 2.96 bits per heavy atom. The van der Waals surface area contributed by atoms with E-state index in [1.165, 1.54) is 29.9 Å². The Hall–Kier alpha value is -2.01. The molecule has 0 radical (unpaired) electrons. The molecule has 2 aromatic rings. The molecule has 0 saturated carbocycles. The number of rotatable bonds is 3. The lowest BCUT2D eigenvalue weighted by Crippen LogP contribution is -2.39. The second kappa shape index (κ2) is 7.31. The van der Waals surface area contributed by atoms with Crippen LogP contribution in [-0.4, -0.2) is 33.4 Å². The lowest BCUT2D eigenvalue weighted by atomic mass is 9.84. The van der Waals surface area contributed by atoms with Crippen LogP contribution in [0, 0.1) is 5.92 Å². The molecule has 1 aliphatic carbocycles. The number of piperidine rings is 1. The van der Waals surface area contributed by atoms with E-state index in [2.05, 4.69) is 35.6 Å². The monoisotopic (exact) mass is 367 g/mol. The first-order valence-corrected chi connectivity index (χ1v) is 10.6. The third-order valence-corrected chi connectivity index (χ3v) is 6.26. The predicted molar refractivity (Wildman–Crippen MR) is 106 cm³/mol. The van der Waals surface area contributed by atoms with Gasteiger partial charge in [-0.3, -0.25) is 9.48 Å². The second-order valence-electron chi connectivity index (χ2n) is 7.12. The van der Waals surface area contributed by atoms with Crippen molar-refractivity contribution in [2.75, 3.05) is 12.8 Å². The molecule has 1 unspecified atom stereocenters. The number of thioether (sulfide) groups is 1. The molecule has 1 aromatic heterocycles. The fraction of sp³-hybridized carbons (Fsp3) is 0.429. The molecule has 1 saturated heterocycles. The number of hydrogen-bond donors (Lipinski definition) is 0. The van der Waals surface area contributed by atoms with Crippen molar-refractivity contribution in [3.05, 3.63) is 47.8 Å². The molecule has 1 aromatic carbocycles. The van der Waals surface area contributed by atoms with Crippen LogP contribution in [0.4, 0.5) is 0 Å². The molecule has 26 heavy (non-hydrogen) atoms. The number of aryl methyl sites for hydroxylation is 1. The number of aromatic nitrogens is 2. The van der Waals surface area contributed by atoms with Gasteiger partial charge in [0, 0.05) is 29.7 Å². The topological polar surface area (TPSA) is 38.1 Å². The van der Waals surface area contributed by atoms with E-state index >= 15 is 0 Å². The van der Waals surface area contributed by atoms with Crippen molar-refractivity contribution < 1.29 is 4.79 Å². The standard InChI is InChI=1S/C21H25N3OS/c1-23-20(16-8-5-10-17(13-16)26-2)18(14-22-23)21(25)24-12-6-9-15-7-3-4-11-19(15)24/h5,8,10-11,13-15H,3-4,6-7,9,12H2,1-2H3. The summed E-state index contributed by atoms with van der Waals surface area (Å²) in [5.41, 5.74) is 3.91. The molecule has 4 nitrogen and oxygen atoms in total. The summed E-state index contributed by atoms with van der Waals surface area (Å²) >= 11 is 1.71. The number of carbonyl (C=O) groups is 1. The van der Waals surface area contributed by atoms with Crippen molar-refractivity contribution in [2.45, 2.75) is 37.0 Å². The van der Waals surface area contributed by atoms with E-state index in [1.807, 2.05) is 22.7 Å². The summed E-state index contributed by atoms with van der Waals surface area (Å²) < 4.78 is 1.82. The molecule has 1 atom stereocenters. The molecule has 0 bridgehead atoms. The van der Waals surface area contributed by atoms with Crippen LogP contribution in [0.2, 0.25) is 0 Å². The Balaban J connectivity index is 1.72. The minimum atomic E-state index is 0.0977. The zero-order valence-corrected chi connectivity index (χ0v) is 16.3. The lowest BCUT2D eigenvalue weighted by Gasteiger charge is -2.38. The van der Waals surface area contributed by atoms with Gasteiger partial charge in [-0.2, -0.15) is 5.10 Å². The van der Waals surface area contributed by atoms with Crippen molar-refractivity contribution in [3.8, 4) is 11.3 Å². The highest BCUT2D eigenvalue weighted by atomic mass is 32.2. The van der Waals surface area contributed by atoms with Crippen molar-refractivity contribution in [1.29, 1.82) is 0 Å². The van der Waals surface area contributed by atoms with Crippen molar-refractivity contribution in [1.82, 2.24) is 14.7 Å². The highest BCUT2D eigenvalue weighted by molar-refractivity contribution is 7.98. The van der Waals surface area contributed by atoms with Gasteiger partial charge in [-0.05, 0) is 56.4 Å². The van der Waals surface area contributed by atoms with Crippen LogP contribution in [0.25, 0.3) is 11.3 Å². The van der Waals surface area contributed by atoms with Crippen LogP contribution in [0.5, 0.6) is 0 Å². The quantitative estimate of drug-likeness (QED) is 0.736. The zero-order chi connectivity index (χ0) is 18.1. The summed E-state index contributed by atoms with van der Waals surface area (Å²) in [6, 6.07) is 8.33. The van der Waals surface area contributed by atoms with Gasteiger partial charge in [-0.25, -0.2) is 0 Å². The number of nitrogens with zero attached hydrogens (tertiary/aromatic N) is 3. The van der Waals surface area contributed by atoms with Crippen LogP contribution in [0.15, 0.2) is 47.1 Å². The molecular formula is C21H25N3OS. The van der Waals surface area contributed by atoms with Crippen molar-refractivity contribution >= 4 is 17.7 Å². The molecule has 5 heteroatoms. The summed E-state index contributed by atoms with van der Waals surface area (Å²) in [7, 11) is 1.91. The van der Waals surface area contributed by atoms with Crippen LogP contribution in [-0.2, 0) is 7.05 Å². The first kappa shape index (κ1) is 17.4. The SMILES string of the molecule is CSc1cccc(-c2c(C(=O)N3CCCC4CCCC=C43)cnn2C)c1. The molecule has 2 aliphatic rings. The fourth-order valence-electron chi connectivity index (χ4n) is 4.25. The molecule has 136 valence electrons. The Bertz CT molecular complexity index is 855. The summed E-state index contributed by atoms with van der Waals surface area (Å²) in [5, 5.41) is 4.41. The lowest BCUT2D eigenvalue weighted by molar-refractivity contribution is 0.0749. The average molecular weight is 368 g/mol. The van der Waals surface area contributed by atoms with Gasteiger partial charge >= 0.3 is 0 Å². The number of likely N-dealkylation sites (tertiary alicyclic amines) is 1. The third-order valence-electron chi connectivity index (χ3n) is 5.53. The molecule has 2 heterocycles. The van der Waals surface area contributed by atoms with Gasteiger partial charge in [0.2, 0.25) is 0 Å². The largest absolute Gasteiger partial charge is 0.312 e. The van der Waals surface area contributed by atoms with Gasteiger partial charge in [0.25, 0.3) is 5.91 Å². The Labute approximate surface area is 159 Å². The first-order valence-electron chi connectivity index (χ1n) is 9.37. The van der Waals surface area contributed by atoms with E-state index in [-0.39, 0.29) is 5.91 Å². The molecule has 1 fully saturated rings. The smallest absolute Gasteiger partial charge is 0.261 e. The van der Waals surface area contributed by atoms with Crippen LogP contribution >= 0.6 is 11.8 Å². The summed E-state index contributed by atoms with van der Waals surface area (Å²) in [4.78, 5) is 16.7. The van der Waals surface area contributed by atoms with Gasteiger partial charge in [-0.15, -0.1) is 11.8 Å². The maximum Gasteiger partial charge on any atom is 0.261 e. The van der Waals surface area contributed by atoms with E-state index in [0.29, 0.717) is 11.5 Å². The first-order chi connectivity index (χ1) is 12.7. The number of hydrogen-bond acceptors (Lipinski definition) is 3. The van der Waals surface area contributed by atoms with Gasteiger partial charge < -0.3 is 4.90 Å². The minimum absolute atomic E-state index is 0.0977. The number of benzene rings is 1. The second-order valence-corrected chi connectivity index (χ2v) is 8.00. The normalized spacial score (nSPS) is 19.8. The number of fused-ring (bicyclic) bond motifs is 1.